The first-order valence-corrected chi connectivity index (χ1v) is 6.13. The van der Waals surface area contributed by atoms with E-state index in [0.29, 0.717) is 0 Å². The first-order chi connectivity index (χ1) is 8.84. The van der Waals surface area contributed by atoms with Gasteiger partial charge in [-0.2, -0.15) is 0 Å². The number of para-hydroxylation sites is 2. The molecule has 3 rings (SSSR count). The van der Waals surface area contributed by atoms with Gasteiger partial charge in [-0.1, -0.05) is 36.4 Å². The Bertz CT molecular complexity index is 498. The molecule has 0 spiro atoms. The number of rotatable bonds is 2. The fraction of sp³-hybridized carbons (Fsp3) is 0.133. The summed E-state index contributed by atoms with van der Waals surface area (Å²) in [5.41, 5.74) is 5.75. The van der Waals surface area contributed by atoms with E-state index in [0.717, 1.165) is 5.69 Å². The van der Waals surface area contributed by atoms with Crippen molar-refractivity contribution in [2.75, 3.05) is 9.91 Å². The maximum absolute atomic E-state index is 3.42. The van der Waals surface area contributed by atoms with Crippen molar-refractivity contribution in [3.63, 3.8) is 0 Å². The third-order valence-corrected chi connectivity index (χ3v) is 3.07. The molecule has 18 heavy (non-hydrogen) atoms. The van der Waals surface area contributed by atoms with Crippen molar-refractivity contribution < 1.29 is 0 Å². The van der Waals surface area contributed by atoms with Gasteiger partial charge in [-0.15, -0.1) is 0 Å². The minimum absolute atomic E-state index is 0.243. The van der Waals surface area contributed by atoms with E-state index in [1.807, 2.05) is 24.3 Å². The summed E-state index contributed by atoms with van der Waals surface area (Å²) in [6, 6.07) is 20.7. The molecule has 1 unspecified atom stereocenters. The molecule has 0 aromatic heterocycles. The monoisotopic (exact) mass is 238 g/mol. The van der Waals surface area contributed by atoms with Crippen LogP contribution in [0, 0.1) is 6.67 Å². The van der Waals surface area contributed by atoms with Gasteiger partial charge in [0, 0.05) is 5.69 Å². The Morgan fingerprint density at radius 2 is 1.39 bits per heavy atom. The van der Waals surface area contributed by atoms with Crippen LogP contribution < -0.4 is 15.3 Å². The van der Waals surface area contributed by atoms with Crippen LogP contribution in [0.25, 0.3) is 0 Å². The zero-order valence-electron chi connectivity index (χ0n) is 10.3. The van der Waals surface area contributed by atoms with E-state index < -0.39 is 0 Å². The lowest BCUT2D eigenvalue weighted by Gasteiger charge is -2.20. The van der Waals surface area contributed by atoms with Crippen LogP contribution in [0.2, 0.25) is 0 Å². The molecule has 0 saturated carbocycles. The summed E-state index contributed by atoms with van der Waals surface area (Å²) in [5.74, 6) is 0. The normalized spacial score (nSPS) is 19.3. The van der Waals surface area contributed by atoms with E-state index in [1.165, 1.54) is 5.69 Å². The summed E-state index contributed by atoms with van der Waals surface area (Å²) in [4.78, 5) is 2.22. The summed E-state index contributed by atoms with van der Waals surface area (Å²) in [7, 11) is 0. The number of nitrogens with zero attached hydrogens (tertiary/aromatic N) is 2. The van der Waals surface area contributed by atoms with Gasteiger partial charge in [-0.25, -0.2) is 5.43 Å². The number of hydrogen-bond donors (Lipinski definition) is 1. The van der Waals surface area contributed by atoms with Crippen molar-refractivity contribution in [1.82, 2.24) is 5.43 Å². The summed E-state index contributed by atoms with van der Waals surface area (Å²) in [6.45, 7) is 4.24. The van der Waals surface area contributed by atoms with Crippen LogP contribution in [0.4, 0.5) is 11.4 Å². The van der Waals surface area contributed by atoms with Crippen LogP contribution in [0.15, 0.2) is 60.7 Å². The van der Waals surface area contributed by atoms with Gasteiger partial charge in [0.15, 0.2) is 6.67 Å². The summed E-state index contributed by atoms with van der Waals surface area (Å²) in [6.07, 6.45) is 0.243. The molecule has 1 aliphatic rings. The van der Waals surface area contributed by atoms with Crippen LogP contribution in [-0.4, -0.2) is 6.17 Å². The molecular formula is C15H16N3. The van der Waals surface area contributed by atoms with E-state index in [2.05, 4.69) is 65.3 Å². The molecule has 1 radical (unpaired) electrons. The molecule has 2 aromatic rings. The van der Waals surface area contributed by atoms with Crippen molar-refractivity contribution in [1.29, 1.82) is 0 Å². The average molecular weight is 238 g/mol. The Hall–Kier alpha value is -2.00. The van der Waals surface area contributed by atoms with Gasteiger partial charge in [-0.3, -0.25) is 5.01 Å². The molecule has 0 aliphatic carbocycles. The Balaban J connectivity index is 1.81. The molecule has 1 heterocycles. The van der Waals surface area contributed by atoms with E-state index in [-0.39, 0.29) is 6.17 Å². The second-order valence-corrected chi connectivity index (χ2v) is 4.37. The predicted octanol–water partition coefficient (Wildman–Crippen LogP) is 2.98. The largest absolute Gasteiger partial charge is 0.330 e. The van der Waals surface area contributed by atoms with Crippen molar-refractivity contribution in [3.05, 3.63) is 67.3 Å². The zero-order chi connectivity index (χ0) is 12.4. The van der Waals surface area contributed by atoms with E-state index in [9.17, 15) is 0 Å². The van der Waals surface area contributed by atoms with E-state index in [4.69, 9.17) is 0 Å². The molecule has 0 amide bonds. The van der Waals surface area contributed by atoms with Crippen LogP contribution in [0.1, 0.15) is 6.92 Å². The average Bonchev–Trinajstić information content (AvgIpc) is 2.83. The fourth-order valence-corrected chi connectivity index (χ4v) is 2.14. The van der Waals surface area contributed by atoms with Gasteiger partial charge in [0.25, 0.3) is 0 Å². The lowest BCUT2D eigenvalue weighted by Crippen LogP contribution is -2.35. The van der Waals surface area contributed by atoms with Gasteiger partial charge in [-0.05, 0) is 31.2 Å². The molecule has 91 valence electrons. The van der Waals surface area contributed by atoms with Gasteiger partial charge >= 0.3 is 0 Å². The predicted molar refractivity (Wildman–Crippen MR) is 74.7 cm³/mol. The molecule has 3 heteroatoms. The van der Waals surface area contributed by atoms with Gasteiger partial charge in [0.1, 0.15) is 0 Å². The maximum atomic E-state index is 3.42. The molecule has 1 saturated heterocycles. The number of nitrogens with one attached hydrogen (secondary N) is 1. The van der Waals surface area contributed by atoms with Crippen molar-refractivity contribution in [2.24, 2.45) is 0 Å². The van der Waals surface area contributed by atoms with E-state index in [1.54, 1.807) is 0 Å². The Kier molecular flexibility index (Phi) is 2.90. The SMILES string of the molecule is CC1NN(c2ccccc2)[CH]N1c1ccccc1. The molecule has 1 atom stereocenters. The second-order valence-electron chi connectivity index (χ2n) is 4.37. The fourth-order valence-electron chi connectivity index (χ4n) is 2.14. The first kappa shape index (κ1) is 11.1. The molecule has 0 bridgehead atoms. The lowest BCUT2D eigenvalue weighted by atomic mass is 10.3. The van der Waals surface area contributed by atoms with Gasteiger partial charge in [0.2, 0.25) is 0 Å². The van der Waals surface area contributed by atoms with Crippen molar-refractivity contribution in [2.45, 2.75) is 13.1 Å². The highest BCUT2D eigenvalue weighted by atomic mass is 15.7. The van der Waals surface area contributed by atoms with Crippen molar-refractivity contribution in [3.8, 4) is 0 Å². The summed E-state index contributed by atoms with van der Waals surface area (Å²) >= 11 is 0. The summed E-state index contributed by atoms with van der Waals surface area (Å²) in [5, 5.41) is 2.05. The second kappa shape index (κ2) is 4.70. The van der Waals surface area contributed by atoms with Crippen LogP contribution in [0.5, 0.6) is 0 Å². The van der Waals surface area contributed by atoms with Crippen LogP contribution >= 0.6 is 0 Å². The van der Waals surface area contributed by atoms with Crippen LogP contribution in [-0.2, 0) is 0 Å². The molecule has 2 aromatic carbocycles. The zero-order valence-corrected chi connectivity index (χ0v) is 10.3. The smallest absolute Gasteiger partial charge is 0.159 e. The quantitative estimate of drug-likeness (QED) is 0.867. The number of hydrazine groups is 1. The van der Waals surface area contributed by atoms with Gasteiger partial charge in [0.05, 0.1) is 11.9 Å². The molecular weight excluding hydrogens is 222 g/mol. The Morgan fingerprint density at radius 1 is 0.833 bits per heavy atom. The highest BCUT2D eigenvalue weighted by Gasteiger charge is 2.27. The molecule has 1 aliphatic heterocycles. The van der Waals surface area contributed by atoms with Crippen molar-refractivity contribution >= 4 is 11.4 Å². The minimum atomic E-state index is 0.243. The first-order valence-electron chi connectivity index (χ1n) is 6.13. The van der Waals surface area contributed by atoms with E-state index >= 15 is 0 Å². The molecule has 3 nitrogen and oxygen atoms in total. The highest BCUT2D eigenvalue weighted by Crippen LogP contribution is 2.25. The molecule has 1 fully saturated rings. The number of hydrogen-bond acceptors (Lipinski definition) is 3. The Morgan fingerprint density at radius 3 is 2.00 bits per heavy atom. The minimum Gasteiger partial charge on any atom is -0.330 e. The van der Waals surface area contributed by atoms with Gasteiger partial charge < -0.3 is 4.90 Å². The number of anilines is 2. The lowest BCUT2D eigenvalue weighted by molar-refractivity contribution is 0.639. The third-order valence-electron chi connectivity index (χ3n) is 3.07. The summed E-state index contributed by atoms with van der Waals surface area (Å²) < 4.78 is 0. The standard InChI is InChI=1S/C15H16N3/c1-13-16-18(15-10-6-3-7-11-15)12-17(13)14-8-4-2-5-9-14/h2-13,16H,1H3. The Labute approximate surface area is 108 Å². The topological polar surface area (TPSA) is 18.5 Å². The maximum Gasteiger partial charge on any atom is 0.159 e. The van der Waals surface area contributed by atoms with Crippen LogP contribution in [0.3, 0.4) is 0 Å². The third kappa shape index (κ3) is 2.05. The highest BCUT2D eigenvalue weighted by molar-refractivity contribution is 5.57. The number of benzene rings is 2. The molecule has 1 N–H and O–H groups in total.